The van der Waals surface area contributed by atoms with E-state index in [0.717, 1.165) is 55.3 Å². The van der Waals surface area contributed by atoms with Crippen molar-refractivity contribution in [2.45, 2.75) is 65.3 Å². The molecule has 0 fully saturated rings. The zero-order valence-electron chi connectivity index (χ0n) is 20.4. The lowest BCUT2D eigenvalue weighted by Crippen LogP contribution is -2.33. The number of amides is 1. The smallest absolute Gasteiger partial charge is 0.310 e. The second kappa shape index (κ2) is 11.2. The van der Waals surface area contributed by atoms with Gasteiger partial charge in [0.15, 0.2) is 0 Å². The van der Waals surface area contributed by atoms with Crippen LogP contribution in [0.5, 0.6) is 5.75 Å². The van der Waals surface area contributed by atoms with Crippen LogP contribution in [0.15, 0.2) is 59.4 Å². The van der Waals surface area contributed by atoms with Crippen molar-refractivity contribution in [3.8, 4) is 5.75 Å². The van der Waals surface area contributed by atoms with Gasteiger partial charge < -0.3 is 14.6 Å². The molecule has 1 amide bonds. The van der Waals surface area contributed by atoms with E-state index in [1.165, 1.54) is 5.56 Å². The molecule has 1 aliphatic carbocycles. The Bertz CT molecular complexity index is 1260. The molecule has 3 aromatic rings. The third kappa shape index (κ3) is 6.07. The van der Waals surface area contributed by atoms with Gasteiger partial charge in [0.05, 0.1) is 6.54 Å². The first-order valence-electron chi connectivity index (χ1n) is 12.4. The minimum atomic E-state index is -0.434. The van der Waals surface area contributed by atoms with Crippen LogP contribution in [0.2, 0.25) is 0 Å². The lowest BCUT2D eigenvalue weighted by atomic mass is 9.95. The molecule has 6 nitrogen and oxygen atoms in total. The first-order chi connectivity index (χ1) is 16.9. The molecule has 1 aliphatic rings. The van der Waals surface area contributed by atoms with Gasteiger partial charge >= 0.3 is 5.97 Å². The highest BCUT2D eigenvalue weighted by molar-refractivity contribution is 6.04. The lowest BCUT2D eigenvalue weighted by Gasteiger charge is -2.21. The Morgan fingerprint density at radius 1 is 0.943 bits per heavy atom. The molecular formula is C29H32N2O4. The largest absolute Gasteiger partial charge is 0.427 e. The van der Waals surface area contributed by atoms with E-state index >= 15 is 0 Å². The average molecular weight is 473 g/mol. The summed E-state index contributed by atoms with van der Waals surface area (Å²) < 4.78 is 6.99. The maximum atomic E-state index is 13.6. The summed E-state index contributed by atoms with van der Waals surface area (Å²) in [5.41, 5.74) is 4.76. The van der Waals surface area contributed by atoms with Gasteiger partial charge in [-0.3, -0.25) is 14.4 Å². The molecule has 0 unspecified atom stereocenters. The number of carbonyl (C=O) groups excluding carboxylic acids is 2. The summed E-state index contributed by atoms with van der Waals surface area (Å²) in [6.45, 7) is 4.21. The summed E-state index contributed by atoms with van der Waals surface area (Å²) in [5, 5.41) is 2.83. The van der Waals surface area contributed by atoms with Gasteiger partial charge in [0.25, 0.3) is 11.5 Å². The van der Waals surface area contributed by atoms with Crippen molar-refractivity contribution in [2.24, 2.45) is 0 Å². The molecule has 4 rings (SSSR count). The van der Waals surface area contributed by atoms with E-state index in [1.807, 2.05) is 31.2 Å². The number of ether oxygens (including phenoxy) is 1. The third-order valence-electron chi connectivity index (χ3n) is 6.44. The van der Waals surface area contributed by atoms with Crippen LogP contribution in [0.25, 0.3) is 0 Å². The van der Waals surface area contributed by atoms with Crippen molar-refractivity contribution in [1.29, 1.82) is 0 Å². The van der Waals surface area contributed by atoms with Crippen LogP contribution in [-0.4, -0.2) is 16.4 Å². The Morgan fingerprint density at radius 2 is 1.63 bits per heavy atom. The first kappa shape index (κ1) is 24.5. The number of carbonyl (C=O) groups is 2. The zero-order chi connectivity index (χ0) is 24.8. The van der Waals surface area contributed by atoms with E-state index < -0.39 is 5.91 Å². The van der Waals surface area contributed by atoms with E-state index in [1.54, 1.807) is 41.8 Å². The number of aryl methyl sites for hydroxylation is 2. The molecule has 0 atom stereocenters. The van der Waals surface area contributed by atoms with Crippen molar-refractivity contribution in [1.82, 2.24) is 4.57 Å². The van der Waals surface area contributed by atoms with Gasteiger partial charge in [-0.05, 0) is 74.1 Å². The van der Waals surface area contributed by atoms with E-state index in [-0.39, 0.29) is 23.5 Å². The fourth-order valence-corrected chi connectivity index (χ4v) is 4.45. The topological polar surface area (TPSA) is 77.4 Å². The molecule has 182 valence electrons. The number of aromatic nitrogens is 1. The number of esters is 1. The number of anilines is 1. The minimum Gasteiger partial charge on any atom is -0.427 e. The molecule has 1 aromatic heterocycles. The van der Waals surface area contributed by atoms with Gasteiger partial charge in [-0.15, -0.1) is 0 Å². The predicted molar refractivity (Wildman–Crippen MR) is 137 cm³/mol. The molecular weight excluding hydrogens is 440 g/mol. The predicted octanol–water partition coefficient (Wildman–Crippen LogP) is 5.43. The Hall–Kier alpha value is -3.67. The molecule has 0 saturated carbocycles. The Balaban J connectivity index is 1.65. The van der Waals surface area contributed by atoms with Crippen molar-refractivity contribution in [3.63, 3.8) is 0 Å². The highest BCUT2D eigenvalue weighted by Crippen LogP contribution is 2.22. The number of rotatable bonds is 6. The van der Waals surface area contributed by atoms with Gasteiger partial charge in [-0.2, -0.15) is 0 Å². The highest BCUT2D eigenvalue weighted by Gasteiger charge is 2.20. The van der Waals surface area contributed by atoms with Crippen LogP contribution < -0.4 is 15.6 Å². The molecule has 0 aliphatic heterocycles. The molecule has 0 radical (unpaired) electrons. The Labute approximate surface area is 205 Å². The molecule has 0 bridgehead atoms. The van der Waals surface area contributed by atoms with E-state index in [2.05, 4.69) is 5.32 Å². The van der Waals surface area contributed by atoms with Crippen molar-refractivity contribution >= 4 is 17.6 Å². The van der Waals surface area contributed by atoms with E-state index in [4.69, 9.17) is 4.74 Å². The van der Waals surface area contributed by atoms with Crippen LogP contribution in [0, 0.1) is 6.92 Å². The third-order valence-corrected chi connectivity index (χ3v) is 6.44. The Morgan fingerprint density at radius 3 is 2.31 bits per heavy atom. The monoisotopic (exact) mass is 472 g/mol. The minimum absolute atomic E-state index is 0.151. The molecule has 35 heavy (non-hydrogen) atoms. The summed E-state index contributed by atoms with van der Waals surface area (Å²) in [6, 6.07) is 16.5. The maximum absolute atomic E-state index is 13.6. The van der Waals surface area contributed by atoms with Crippen LogP contribution in [-0.2, 0) is 24.2 Å². The number of pyridine rings is 1. The fourth-order valence-electron chi connectivity index (χ4n) is 4.45. The number of benzene rings is 2. The molecule has 0 saturated heterocycles. The summed E-state index contributed by atoms with van der Waals surface area (Å²) in [5.74, 6) is -0.344. The normalized spacial score (nSPS) is 13.3. The zero-order valence-corrected chi connectivity index (χ0v) is 20.4. The van der Waals surface area contributed by atoms with Crippen LogP contribution >= 0.6 is 0 Å². The number of fused-ring (bicyclic) bond motifs is 1. The molecule has 2 aromatic carbocycles. The van der Waals surface area contributed by atoms with Crippen molar-refractivity contribution in [2.75, 3.05) is 5.32 Å². The molecule has 6 heteroatoms. The second-order valence-corrected chi connectivity index (χ2v) is 9.13. The molecule has 0 spiro atoms. The second-order valence-electron chi connectivity index (χ2n) is 9.13. The maximum Gasteiger partial charge on any atom is 0.310 e. The standard InChI is InChI=1S/C29H32N2O4/c1-3-27(32)35-24-16-14-23(15-17-24)30-28(33)25-18-22-8-6-4-5-7-9-26(22)31(29(25)34)19-21-12-10-20(2)11-13-21/h10-18H,3-9,19H2,1-2H3,(H,30,33). The van der Waals surface area contributed by atoms with E-state index in [0.29, 0.717) is 18.0 Å². The number of nitrogens with zero attached hydrogens (tertiary/aromatic N) is 1. The summed E-state index contributed by atoms with van der Waals surface area (Å²) in [6.07, 6.45) is 6.40. The van der Waals surface area contributed by atoms with Crippen LogP contribution in [0.4, 0.5) is 5.69 Å². The number of hydrogen-bond donors (Lipinski definition) is 1. The van der Waals surface area contributed by atoms with Gasteiger partial charge in [-0.1, -0.05) is 49.6 Å². The van der Waals surface area contributed by atoms with Crippen LogP contribution in [0.1, 0.15) is 71.8 Å². The average Bonchev–Trinajstić information content (AvgIpc) is 2.84. The first-order valence-corrected chi connectivity index (χ1v) is 12.4. The summed E-state index contributed by atoms with van der Waals surface area (Å²) in [4.78, 5) is 38.3. The molecule has 1 N–H and O–H groups in total. The summed E-state index contributed by atoms with van der Waals surface area (Å²) >= 11 is 0. The number of hydrogen-bond acceptors (Lipinski definition) is 4. The quantitative estimate of drug-likeness (QED) is 0.383. The fraction of sp³-hybridized carbons (Fsp3) is 0.345. The van der Waals surface area contributed by atoms with Gasteiger partial charge in [0, 0.05) is 17.8 Å². The number of nitrogens with one attached hydrogen (secondary N) is 1. The van der Waals surface area contributed by atoms with Crippen molar-refractivity contribution < 1.29 is 14.3 Å². The van der Waals surface area contributed by atoms with Gasteiger partial charge in [-0.25, -0.2) is 0 Å². The van der Waals surface area contributed by atoms with Gasteiger partial charge in [0.2, 0.25) is 0 Å². The molecule has 1 heterocycles. The van der Waals surface area contributed by atoms with Gasteiger partial charge in [0.1, 0.15) is 11.3 Å². The van der Waals surface area contributed by atoms with Crippen LogP contribution in [0.3, 0.4) is 0 Å². The SMILES string of the molecule is CCC(=O)Oc1ccc(NC(=O)c2cc3c(n(Cc4ccc(C)cc4)c2=O)CCCCCC3)cc1. The highest BCUT2D eigenvalue weighted by atomic mass is 16.5. The van der Waals surface area contributed by atoms with Crippen molar-refractivity contribution in [3.05, 3.63) is 92.9 Å². The Kier molecular flexibility index (Phi) is 7.80. The summed E-state index contributed by atoms with van der Waals surface area (Å²) in [7, 11) is 0. The van der Waals surface area contributed by atoms with E-state index in [9.17, 15) is 14.4 Å². The lowest BCUT2D eigenvalue weighted by molar-refractivity contribution is -0.134.